The standard InChI is InChI=1S/C17H22N2O/c1-12(2)10-17(20)19-9-8-14-13-6-4-5-7-15(13)18(3)16(14)11-19/h4-7,12H,8-11H2,1-3H3. The fraction of sp³-hybridized carbons (Fsp3) is 0.471. The highest BCUT2D eigenvalue weighted by Gasteiger charge is 2.25. The van der Waals surface area contributed by atoms with Gasteiger partial charge in [0.25, 0.3) is 0 Å². The van der Waals surface area contributed by atoms with E-state index in [9.17, 15) is 4.79 Å². The lowest BCUT2D eigenvalue weighted by atomic mass is 10.0. The number of aryl methyl sites for hydroxylation is 1. The van der Waals surface area contributed by atoms with Crippen LogP contribution >= 0.6 is 0 Å². The minimum absolute atomic E-state index is 0.288. The van der Waals surface area contributed by atoms with Crippen molar-refractivity contribution in [3.8, 4) is 0 Å². The second-order valence-electron chi connectivity index (χ2n) is 6.16. The summed E-state index contributed by atoms with van der Waals surface area (Å²) in [6, 6.07) is 8.53. The Morgan fingerprint density at radius 3 is 2.80 bits per heavy atom. The van der Waals surface area contributed by atoms with Crippen molar-refractivity contribution >= 4 is 16.8 Å². The van der Waals surface area contributed by atoms with Crippen LogP contribution in [0.2, 0.25) is 0 Å². The number of aromatic nitrogens is 1. The Bertz CT molecular complexity index is 654. The van der Waals surface area contributed by atoms with E-state index < -0.39 is 0 Å². The Morgan fingerprint density at radius 1 is 1.30 bits per heavy atom. The molecule has 0 spiro atoms. The van der Waals surface area contributed by atoms with Crippen molar-refractivity contribution in [2.24, 2.45) is 13.0 Å². The van der Waals surface area contributed by atoms with E-state index >= 15 is 0 Å². The predicted octanol–water partition coefficient (Wildman–Crippen LogP) is 3.11. The number of hydrogen-bond donors (Lipinski definition) is 0. The molecule has 3 nitrogen and oxygen atoms in total. The molecule has 0 aliphatic carbocycles. The molecule has 1 aromatic carbocycles. The summed E-state index contributed by atoms with van der Waals surface area (Å²) in [5, 5.41) is 1.35. The van der Waals surface area contributed by atoms with Gasteiger partial charge in [0.05, 0.1) is 6.54 Å². The zero-order chi connectivity index (χ0) is 14.3. The summed E-state index contributed by atoms with van der Waals surface area (Å²) in [5.41, 5.74) is 4.00. The average molecular weight is 270 g/mol. The molecule has 0 bridgehead atoms. The van der Waals surface area contributed by atoms with Crippen LogP contribution in [-0.2, 0) is 24.8 Å². The second-order valence-corrected chi connectivity index (χ2v) is 6.16. The highest BCUT2D eigenvalue weighted by Crippen LogP contribution is 2.30. The van der Waals surface area contributed by atoms with Crippen molar-refractivity contribution in [3.05, 3.63) is 35.5 Å². The molecule has 0 N–H and O–H groups in total. The van der Waals surface area contributed by atoms with Crippen LogP contribution in [0.3, 0.4) is 0 Å². The van der Waals surface area contributed by atoms with E-state index in [4.69, 9.17) is 0 Å². The fourth-order valence-corrected chi connectivity index (χ4v) is 3.20. The van der Waals surface area contributed by atoms with Gasteiger partial charge in [0.1, 0.15) is 0 Å². The molecule has 3 heteroatoms. The number of carbonyl (C=O) groups excluding carboxylic acids is 1. The van der Waals surface area contributed by atoms with Gasteiger partial charge >= 0.3 is 0 Å². The summed E-state index contributed by atoms with van der Waals surface area (Å²) in [6.07, 6.45) is 1.62. The zero-order valence-corrected chi connectivity index (χ0v) is 12.5. The molecule has 3 rings (SSSR count). The van der Waals surface area contributed by atoms with Crippen LogP contribution in [0.5, 0.6) is 0 Å². The van der Waals surface area contributed by atoms with E-state index in [-0.39, 0.29) is 5.91 Å². The molecule has 1 aromatic heterocycles. The molecular weight excluding hydrogens is 248 g/mol. The molecule has 0 fully saturated rings. The largest absolute Gasteiger partial charge is 0.346 e. The monoisotopic (exact) mass is 270 g/mol. The van der Waals surface area contributed by atoms with Gasteiger partial charge in [-0.2, -0.15) is 0 Å². The SMILES string of the molecule is CC(C)CC(=O)N1CCc2c(n(C)c3ccccc23)C1. The number of para-hydroxylation sites is 1. The van der Waals surface area contributed by atoms with Crippen molar-refractivity contribution in [2.75, 3.05) is 6.54 Å². The first-order valence-electron chi connectivity index (χ1n) is 7.41. The molecular formula is C17H22N2O. The number of hydrogen-bond acceptors (Lipinski definition) is 1. The molecule has 106 valence electrons. The lowest BCUT2D eigenvalue weighted by molar-refractivity contribution is -0.132. The zero-order valence-electron chi connectivity index (χ0n) is 12.5. The van der Waals surface area contributed by atoms with Gasteiger partial charge in [0.2, 0.25) is 5.91 Å². The van der Waals surface area contributed by atoms with Crippen molar-refractivity contribution in [2.45, 2.75) is 33.2 Å². The summed E-state index contributed by atoms with van der Waals surface area (Å²) in [5.74, 6) is 0.715. The van der Waals surface area contributed by atoms with E-state index in [1.165, 1.54) is 22.2 Å². The quantitative estimate of drug-likeness (QED) is 0.823. The maximum absolute atomic E-state index is 12.3. The van der Waals surface area contributed by atoms with Crippen molar-refractivity contribution in [3.63, 3.8) is 0 Å². The van der Waals surface area contributed by atoms with Crippen molar-refractivity contribution in [1.82, 2.24) is 9.47 Å². The number of fused-ring (bicyclic) bond motifs is 3. The van der Waals surface area contributed by atoms with Gasteiger partial charge in [-0.15, -0.1) is 0 Å². The van der Waals surface area contributed by atoms with Crippen LogP contribution in [-0.4, -0.2) is 21.9 Å². The molecule has 0 saturated heterocycles. The third-order valence-corrected chi connectivity index (χ3v) is 4.25. The minimum atomic E-state index is 0.288. The highest BCUT2D eigenvalue weighted by molar-refractivity contribution is 5.86. The van der Waals surface area contributed by atoms with Gasteiger partial charge in [-0.3, -0.25) is 4.79 Å². The highest BCUT2D eigenvalue weighted by atomic mass is 16.2. The van der Waals surface area contributed by atoms with E-state index in [0.29, 0.717) is 12.3 Å². The molecule has 0 saturated carbocycles. The third-order valence-electron chi connectivity index (χ3n) is 4.25. The van der Waals surface area contributed by atoms with Gasteiger partial charge in [0, 0.05) is 36.6 Å². The average Bonchev–Trinajstić information content (AvgIpc) is 2.72. The predicted molar refractivity (Wildman–Crippen MR) is 81.5 cm³/mol. The van der Waals surface area contributed by atoms with Gasteiger partial charge in [0.15, 0.2) is 0 Å². The molecule has 0 radical (unpaired) electrons. The maximum Gasteiger partial charge on any atom is 0.223 e. The maximum atomic E-state index is 12.3. The Kier molecular flexibility index (Phi) is 3.28. The lowest BCUT2D eigenvalue weighted by Crippen LogP contribution is -2.37. The molecule has 2 aromatic rings. The molecule has 1 amide bonds. The van der Waals surface area contributed by atoms with Crippen LogP contribution in [0, 0.1) is 5.92 Å². The fourth-order valence-electron chi connectivity index (χ4n) is 3.20. The van der Waals surface area contributed by atoms with Crippen LogP contribution in [0.1, 0.15) is 31.5 Å². The second kappa shape index (κ2) is 4.97. The number of benzene rings is 1. The van der Waals surface area contributed by atoms with Crippen molar-refractivity contribution < 1.29 is 4.79 Å². The number of carbonyl (C=O) groups is 1. The van der Waals surface area contributed by atoms with Gasteiger partial charge in [-0.25, -0.2) is 0 Å². The summed E-state index contributed by atoms with van der Waals surface area (Å²) < 4.78 is 2.25. The first-order valence-corrected chi connectivity index (χ1v) is 7.41. The van der Waals surface area contributed by atoms with E-state index in [0.717, 1.165) is 19.5 Å². The topological polar surface area (TPSA) is 25.2 Å². The normalized spacial score (nSPS) is 14.9. The molecule has 1 aliphatic heterocycles. The van der Waals surface area contributed by atoms with Crippen LogP contribution < -0.4 is 0 Å². The van der Waals surface area contributed by atoms with Gasteiger partial charge in [-0.1, -0.05) is 32.0 Å². The molecule has 1 aliphatic rings. The van der Waals surface area contributed by atoms with E-state index in [1.807, 2.05) is 4.90 Å². The van der Waals surface area contributed by atoms with E-state index in [1.54, 1.807) is 0 Å². The smallest absolute Gasteiger partial charge is 0.223 e. The van der Waals surface area contributed by atoms with Crippen LogP contribution in [0.4, 0.5) is 0 Å². The van der Waals surface area contributed by atoms with Gasteiger partial charge < -0.3 is 9.47 Å². The molecule has 0 unspecified atom stereocenters. The Balaban J connectivity index is 1.94. The molecule has 0 atom stereocenters. The van der Waals surface area contributed by atoms with E-state index in [2.05, 4.69) is 49.7 Å². The summed E-state index contributed by atoms with van der Waals surface area (Å²) in [6.45, 7) is 5.81. The summed E-state index contributed by atoms with van der Waals surface area (Å²) >= 11 is 0. The summed E-state index contributed by atoms with van der Waals surface area (Å²) in [4.78, 5) is 14.3. The van der Waals surface area contributed by atoms with Crippen molar-refractivity contribution in [1.29, 1.82) is 0 Å². The molecule has 2 heterocycles. The summed E-state index contributed by atoms with van der Waals surface area (Å²) in [7, 11) is 2.11. The lowest BCUT2D eigenvalue weighted by Gasteiger charge is -2.28. The van der Waals surface area contributed by atoms with Crippen LogP contribution in [0.25, 0.3) is 10.9 Å². The van der Waals surface area contributed by atoms with Gasteiger partial charge in [-0.05, 0) is 24.0 Å². The minimum Gasteiger partial charge on any atom is -0.346 e. The Hall–Kier alpha value is -1.77. The number of rotatable bonds is 2. The number of nitrogens with zero attached hydrogens (tertiary/aromatic N) is 2. The first kappa shape index (κ1) is 13.2. The molecule has 20 heavy (non-hydrogen) atoms. The number of amides is 1. The Labute approximate surface area is 120 Å². The van der Waals surface area contributed by atoms with Crippen LogP contribution in [0.15, 0.2) is 24.3 Å². The third kappa shape index (κ3) is 2.11. The first-order chi connectivity index (χ1) is 9.58. The Morgan fingerprint density at radius 2 is 2.05 bits per heavy atom.